The van der Waals surface area contributed by atoms with Gasteiger partial charge in [0.1, 0.15) is 5.82 Å². The SMILES string of the molecule is COCCCNC(=O)C(C)NCc1cccc(F)c1. The topological polar surface area (TPSA) is 50.4 Å². The molecule has 0 saturated carbocycles. The van der Waals surface area contributed by atoms with Crippen molar-refractivity contribution in [2.75, 3.05) is 20.3 Å². The van der Waals surface area contributed by atoms with Gasteiger partial charge < -0.3 is 15.4 Å². The highest BCUT2D eigenvalue weighted by molar-refractivity contribution is 5.81. The summed E-state index contributed by atoms with van der Waals surface area (Å²) in [7, 11) is 1.63. The molecule has 1 aromatic carbocycles. The Morgan fingerprint density at radius 3 is 2.95 bits per heavy atom. The van der Waals surface area contributed by atoms with Gasteiger partial charge in [-0.2, -0.15) is 0 Å². The normalized spacial score (nSPS) is 12.2. The van der Waals surface area contributed by atoms with Crippen LogP contribution < -0.4 is 10.6 Å². The summed E-state index contributed by atoms with van der Waals surface area (Å²) in [4.78, 5) is 11.7. The maximum Gasteiger partial charge on any atom is 0.236 e. The third-order valence-corrected chi connectivity index (χ3v) is 2.72. The smallest absolute Gasteiger partial charge is 0.236 e. The number of rotatable bonds is 8. The summed E-state index contributed by atoms with van der Waals surface area (Å²) < 4.78 is 17.9. The van der Waals surface area contributed by atoms with Crippen molar-refractivity contribution in [1.82, 2.24) is 10.6 Å². The molecule has 1 aromatic rings. The first-order valence-corrected chi connectivity index (χ1v) is 6.38. The fourth-order valence-electron chi connectivity index (χ4n) is 1.59. The molecule has 0 aromatic heterocycles. The monoisotopic (exact) mass is 268 g/mol. The van der Waals surface area contributed by atoms with Crippen LogP contribution in [0.5, 0.6) is 0 Å². The minimum absolute atomic E-state index is 0.0625. The number of hydrogen-bond donors (Lipinski definition) is 2. The molecule has 1 rings (SSSR count). The first kappa shape index (κ1) is 15.6. The van der Waals surface area contributed by atoms with E-state index in [1.165, 1.54) is 12.1 Å². The number of ether oxygens (including phenoxy) is 1. The van der Waals surface area contributed by atoms with E-state index in [4.69, 9.17) is 4.74 Å². The van der Waals surface area contributed by atoms with E-state index in [2.05, 4.69) is 10.6 Å². The van der Waals surface area contributed by atoms with E-state index in [1.807, 2.05) is 6.07 Å². The molecular weight excluding hydrogens is 247 g/mol. The summed E-state index contributed by atoms with van der Waals surface area (Å²) in [5, 5.41) is 5.87. The minimum atomic E-state index is -0.314. The van der Waals surface area contributed by atoms with Gasteiger partial charge in [0.15, 0.2) is 0 Å². The highest BCUT2D eigenvalue weighted by Gasteiger charge is 2.11. The molecule has 5 heteroatoms. The van der Waals surface area contributed by atoms with E-state index in [1.54, 1.807) is 20.1 Å². The fraction of sp³-hybridized carbons (Fsp3) is 0.500. The van der Waals surface area contributed by atoms with Crippen molar-refractivity contribution in [2.24, 2.45) is 0 Å². The summed E-state index contributed by atoms with van der Waals surface area (Å²) in [6.45, 7) is 3.47. The van der Waals surface area contributed by atoms with Crippen LogP contribution in [0.4, 0.5) is 4.39 Å². The zero-order valence-electron chi connectivity index (χ0n) is 11.4. The Balaban J connectivity index is 2.26. The second-order valence-corrected chi connectivity index (χ2v) is 4.37. The molecule has 0 aliphatic heterocycles. The molecule has 0 aliphatic carbocycles. The van der Waals surface area contributed by atoms with Gasteiger partial charge in [-0.15, -0.1) is 0 Å². The maximum atomic E-state index is 13.0. The van der Waals surface area contributed by atoms with Crippen LogP contribution in [0.3, 0.4) is 0 Å². The van der Waals surface area contributed by atoms with Crippen LogP contribution in [0.2, 0.25) is 0 Å². The van der Waals surface area contributed by atoms with Crippen LogP contribution in [0.25, 0.3) is 0 Å². The zero-order valence-corrected chi connectivity index (χ0v) is 11.4. The van der Waals surface area contributed by atoms with E-state index in [9.17, 15) is 9.18 Å². The van der Waals surface area contributed by atoms with Crippen molar-refractivity contribution in [3.63, 3.8) is 0 Å². The van der Waals surface area contributed by atoms with Gasteiger partial charge >= 0.3 is 0 Å². The van der Waals surface area contributed by atoms with Crippen LogP contribution in [0, 0.1) is 5.82 Å². The molecule has 0 heterocycles. The summed E-state index contributed by atoms with van der Waals surface area (Å²) in [5.41, 5.74) is 0.819. The Morgan fingerprint density at radius 2 is 2.26 bits per heavy atom. The molecule has 0 bridgehead atoms. The number of amides is 1. The van der Waals surface area contributed by atoms with Crippen LogP contribution in [0.1, 0.15) is 18.9 Å². The summed E-state index contributed by atoms with van der Waals surface area (Å²) in [6, 6.07) is 6.01. The zero-order chi connectivity index (χ0) is 14.1. The minimum Gasteiger partial charge on any atom is -0.385 e. The summed E-state index contributed by atoms with van der Waals surface area (Å²) in [5.74, 6) is -0.330. The van der Waals surface area contributed by atoms with Gasteiger partial charge in [0.2, 0.25) is 5.91 Å². The average molecular weight is 268 g/mol. The van der Waals surface area contributed by atoms with Gasteiger partial charge in [0.25, 0.3) is 0 Å². The van der Waals surface area contributed by atoms with Crippen LogP contribution in [-0.4, -0.2) is 32.2 Å². The molecule has 0 fully saturated rings. The average Bonchev–Trinajstić information content (AvgIpc) is 2.41. The van der Waals surface area contributed by atoms with Gasteiger partial charge in [0, 0.05) is 26.8 Å². The molecule has 2 N–H and O–H groups in total. The van der Waals surface area contributed by atoms with Gasteiger partial charge in [-0.3, -0.25) is 4.79 Å². The molecule has 0 radical (unpaired) electrons. The lowest BCUT2D eigenvalue weighted by molar-refractivity contribution is -0.122. The second-order valence-electron chi connectivity index (χ2n) is 4.37. The number of halogens is 1. The van der Waals surface area contributed by atoms with Gasteiger partial charge in [0.05, 0.1) is 6.04 Å². The molecular formula is C14H21FN2O2. The van der Waals surface area contributed by atoms with Crippen molar-refractivity contribution in [2.45, 2.75) is 25.9 Å². The number of benzene rings is 1. The predicted molar refractivity (Wildman–Crippen MR) is 72.2 cm³/mol. The Kier molecular flexibility index (Phi) is 7.07. The number of carbonyl (C=O) groups excluding carboxylic acids is 1. The van der Waals surface area contributed by atoms with Crippen molar-refractivity contribution in [3.05, 3.63) is 35.6 Å². The lowest BCUT2D eigenvalue weighted by Gasteiger charge is -2.14. The van der Waals surface area contributed by atoms with Crippen molar-refractivity contribution in [1.29, 1.82) is 0 Å². The van der Waals surface area contributed by atoms with Crippen LogP contribution in [0.15, 0.2) is 24.3 Å². The Hall–Kier alpha value is -1.46. The van der Waals surface area contributed by atoms with Gasteiger partial charge in [-0.1, -0.05) is 12.1 Å². The first-order chi connectivity index (χ1) is 9.13. The second kappa shape index (κ2) is 8.61. The predicted octanol–water partition coefficient (Wildman–Crippen LogP) is 1.46. The van der Waals surface area contributed by atoms with Crippen molar-refractivity contribution in [3.8, 4) is 0 Å². The molecule has 4 nitrogen and oxygen atoms in total. The van der Waals surface area contributed by atoms with Gasteiger partial charge in [-0.05, 0) is 31.0 Å². The van der Waals surface area contributed by atoms with E-state index >= 15 is 0 Å². The van der Waals surface area contributed by atoms with E-state index in [0.717, 1.165) is 12.0 Å². The van der Waals surface area contributed by atoms with E-state index in [0.29, 0.717) is 19.7 Å². The molecule has 19 heavy (non-hydrogen) atoms. The third-order valence-electron chi connectivity index (χ3n) is 2.72. The van der Waals surface area contributed by atoms with Crippen LogP contribution in [-0.2, 0) is 16.1 Å². The highest BCUT2D eigenvalue weighted by atomic mass is 19.1. The van der Waals surface area contributed by atoms with Crippen LogP contribution >= 0.6 is 0 Å². The lowest BCUT2D eigenvalue weighted by Crippen LogP contribution is -2.42. The first-order valence-electron chi connectivity index (χ1n) is 6.38. The standard InChI is InChI=1S/C14H21FN2O2/c1-11(14(18)16-7-4-8-19-2)17-10-12-5-3-6-13(15)9-12/h3,5-6,9,11,17H,4,7-8,10H2,1-2H3,(H,16,18). The number of methoxy groups -OCH3 is 1. The number of nitrogens with one attached hydrogen (secondary N) is 2. The summed E-state index contributed by atoms with van der Waals surface area (Å²) in [6.07, 6.45) is 0.791. The molecule has 1 atom stereocenters. The van der Waals surface area contributed by atoms with Crippen molar-refractivity contribution >= 4 is 5.91 Å². The molecule has 1 unspecified atom stereocenters. The molecule has 0 spiro atoms. The number of hydrogen-bond acceptors (Lipinski definition) is 3. The Morgan fingerprint density at radius 1 is 1.47 bits per heavy atom. The van der Waals surface area contributed by atoms with Crippen molar-refractivity contribution < 1.29 is 13.9 Å². The molecule has 0 saturated heterocycles. The largest absolute Gasteiger partial charge is 0.385 e. The fourth-order valence-corrected chi connectivity index (χ4v) is 1.59. The highest BCUT2D eigenvalue weighted by Crippen LogP contribution is 2.03. The lowest BCUT2D eigenvalue weighted by atomic mass is 10.2. The molecule has 106 valence electrons. The third kappa shape index (κ3) is 6.31. The Bertz CT molecular complexity index is 399. The molecule has 1 amide bonds. The quantitative estimate of drug-likeness (QED) is 0.702. The van der Waals surface area contributed by atoms with Gasteiger partial charge in [-0.25, -0.2) is 4.39 Å². The number of carbonyl (C=O) groups is 1. The molecule has 0 aliphatic rings. The maximum absolute atomic E-state index is 13.0. The Labute approximate surface area is 113 Å². The van der Waals surface area contributed by atoms with E-state index < -0.39 is 0 Å². The van der Waals surface area contributed by atoms with E-state index in [-0.39, 0.29) is 17.8 Å². The summed E-state index contributed by atoms with van der Waals surface area (Å²) >= 11 is 0.